The molecule has 7 heteroatoms. The standard InChI is InChI=1S/C8H12N2O4S/c11-8(12)2-1-4-10-15(13,14)7-3-5-9-6-7/h3,5-6,9-10H,1-2,4H2,(H,11,12). The lowest BCUT2D eigenvalue weighted by molar-refractivity contribution is -0.137. The molecule has 0 aliphatic rings. The number of aromatic amines is 1. The van der Waals surface area contributed by atoms with E-state index in [9.17, 15) is 13.2 Å². The Balaban J connectivity index is 2.42. The molecule has 1 heterocycles. The van der Waals surface area contributed by atoms with E-state index in [0.29, 0.717) is 0 Å². The summed E-state index contributed by atoms with van der Waals surface area (Å²) in [6.07, 6.45) is 3.10. The second-order valence-corrected chi connectivity index (χ2v) is 4.71. The third kappa shape index (κ3) is 3.72. The molecule has 0 amide bonds. The fourth-order valence-corrected chi connectivity index (χ4v) is 2.06. The number of hydrogen-bond acceptors (Lipinski definition) is 3. The first kappa shape index (κ1) is 11.7. The van der Waals surface area contributed by atoms with Gasteiger partial charge in [0.1, 0.15) is 0 Å². The summed E-state index contributed by atoms with van der Waals surface area (Å²) in [5.41, 5.74) is 0. The molecule has 1 aromatic rings. The van der Waals surface area contributed by atoms with E-state index >= 15 is 0 Å². The van der Waals surface area contributed by atoms with Crippen molar-refractivity contribution in [3.8, 4) is 0 Å². The van der Waals surface area contributed by atoms with Gasteiger partial charge in [-0.25, -0.2) is 13.1 Å². The van der Waals surface area contributed by atoms with E-state index in [1.807, 2.05) is 0 Å². The summed E-state index contributed by atoms with van der Waals surface area (Å²) in [7, 11) is -3.49. The molecule has 84 valence electrons. The summed E-state index contributed by atoms with van der Waals surface area (Å²) in [6, 6.07) is 1.43. The van der Waals surface area contributed by atoms with Gasteiger partial charge in [0.05, 0.1) is 4.90 Å². The molecule has 0 aromatic carbocycles. The normalized spacial score (nSPS) is 11.5. The van der Waals surface area contributed by atoms with Crippen LogP contribution in [0.2, 0.25) is 0 Å². The van der Waals surface area contributed by atoms with Crippen LogP contribution in [0.3, 0.4) is 0 Å². The molecule has 15 heavy (non-hydrogen) atoms. The van der Waals surface area contributed by atoms with E-state index in [0.717, 1.165) is 0 Å². The van der Waals surface area contributed by atoms with Crippen LogP contribution in [-0.2, 0) is 14.8 Å². The highest BCUT2D eigenvalue weighted by atomic mass is 32.2. The van der Waals surface area contributed by atoms with Gasteiger partial charge in [0.15, 0.2) is 0 Å². The lowest BCUT2D eigenvalue weighted by Gasteiger charge is -2.02. The number of nitrogens with one attached hydrogen (secondary N) is 2. The minimum Gasteiger partial charge on any atom is -0.481 e. The van der Waals surface area contributed by atoms with Crippen molar-refractivity contribution in [3.05, 3.63) is 18.5 Å². The fraction of sp³-hybridized carbons (Fsp3) is 0.375. The Morgan fingerprint density at radius 1 is 1.53 bits per heavy atom. The number of sulfonamides is 1. The van der Waals surface area contributed by atoms with Crippen molar-refractivity contribution in [1.29, 1.82) is 0 Å². The summed E-state index contributed by atoms with van der Waals surface area (Å²) < 4.78 is 25.2. The molecule has 3 N–H and O–H groups in total. The molecule has 0 unspecified atom stereocenters. The fourth-order valence-electron chi connectivity index (χ4n) is 1.01. The van der Waals surface area contributed by atoms with Crippen LogP contribution < -0.4 is 4.72 Å². The third-order valence-corrected chi connectivity index (χ3v) is 3.20. The maximum absolute atomic E-state index is 11.5. The van der Waals surface area contributed by atoms with Crippen LogP contribution in [0, 0.1) is 0 Å². The van der Waals surface area contributed by atoms with Crippen molar-refractivity contribution in [3.63, 3.8) is 0 Å². The van der Waals surface area contributed by atoms with Gasteiger partial charge in [-0.1, -0.05) is 0 Å². The minimum absolute atomic E-state index is 0.0460. The maximum atomic E-state index is 11.5. The van der Waals surface area contributed by atoms with Gasteiger partial charge >= 0.3 is 5.97 Å². The Bertz CT molecular complexity index is 410. The third-order valence-electron chi connectivity index (χ3n) is 1.74. The van der Waals surface area contributed by atoms with Crippen LogP contribution in [0.1, 0.15) is 12.8 Å². The average molecular weight is 232 g/mol. The second-order valence-electron chi connectivity index (χ2n) is 2.94. The Morgan fingerprint density at radius 3 is 2.80 bits per heavy atom. The summed E-state index contributed by atoms with van der Waals surface area (Å²) >= 11 is 0. The molecule has 0 fully saturated rings. The predicted octanol–water partition coefficient (Wildman–Crippen LogP) is 0.158. The van der Waals surface area contributed by atoms with E-state index in [-0.39, 0.29) is 24.3 Å². The molecular weight excluding hydrogens is 220 g/mol. The van der Waals surface area contributed by atoms with E-state index < -0.39 is 16.0 Å². The van der Waals surface area contributed by atoms with Crippen LogP contribution in [0.5, 0.6) is 0 Å². The van der Waals surface area contributed by atoms with E-state index in [1.165, 1.54) is 18.5 Å². The van der Waals surface area contributed by atoms with Crippen molar-refractivity contribution >= 4 is 16.0 Å². The Kier molecular flexibility index (Phi) is 3.87. The molecule has 6 nitrogen and oxygen atoms in total. The van der Waals surface area contributed by atoms with Gasteiger partial charge in [0.2, 0.25) is 10.0 Å². The van der Waals surface area contributed by atoms with Gasteiger partial charge in [-0.15, -0.1) is 0 Å². The average Bonchev–Trinajstić information content (AvgIpc) is 2.65. The molecule has 0 aliphatic heterocycles. The molecular formula is C8H12N2O4S. The van der Waals surface area contributed by atoms with Crippen molar-refractivity contribution in [2.45, 2.75) is 17.7 Å². The summed E-state index contributed by atoms with van der Waals surface area (Å²) in [5, 5.41) is 8.34. The van der Waals surface area contributed by atoms with Crippen molar-refractivity contribution in [1.82, 2.24) is 9.71 Å². The van der Waals surface area contributed by atoms with Crippen LogP contribution in [0.25, 0.3) is 0 Å². The number of hydrogen-bond donors (Lipinski definition) is 3. The maximum Gasteiger partial charge on any atom is 0.303 e. The Morgan fingerprint density at radius 2 is 2.27 bits per heavy atom. The predicted molar refractivity (Wildman–Crippen MR) is 52.9 cm³/mol. The van der Waals surface area contributed by atoms with Crippen LogP contribution in [-0.4, -0.2) is 31.0 Å². The molecule has 0 saturated heterocycles. The number of carboxylic acids is 1. The van der Waals surface area contributed by atoms with Crippen LogP contribution >= 0.6 is 0 Å². The van der Waals surface area contributed by atoms with Gasteiger partial charge in [-0.3, -0.25) is 4.79 Å². The zero-order chi connectivity index (χ0) is 11.3. The van der Waals surface area contributed by atoms with Crippen LogP contribution in [0.15, 0.2) is 23.4 Å². The molecule has 0 radical (unpaired) electrons. The molecule has 0 saturated carbocycles. The zero-order valence-corrected chi connectivity index (χ0v) is 8.75. The van der Waals surface area contributed by atoms with Crippen molar-refractivity contribution in [2.75, 3.05) is 6.54 Å². The molecule has 0 aliphatic carbocycles. The number of aromatic nitrogens is 1. The first-order chi connectivity index (χ1) is 7.02. The number of rotatable bonds is 6. The van der Waals surface area contributed by atoms with E-state index in [2.05, 4.69) is 9.71 Å². The van der Waals surface area contributed by atoms with Gasteiger partial charge in [-0.2, -0.15) is 0 Å². The summed E-state index contributed by atoms with van der Waals surface area (Å²) in [4.78, 5) is 13.0. The summed E-state index contributed by atoms with van der Waals surface area (Å²) in [6.45, 7) is 0.125. The Hall–Kier alpha value is -1.34. The minimum atomic E-state index is -3.49. The SMILES string of the molecule is O=C(O)CCCNS(=O)(=O)c1cc[nH]c1. The van der Waals surface area contributed by atoms with Crippen LogP contribution in [0.4, 0.5) is 0 Å². The smallest absolute Gasteiger partial charge is 0.303 e. The van der Waals surface area contributed by atoms with Crippen molar-refractivity contribution < 1.29 is 18.3 Å². The lowest BCUT2D eigenvalue weighted by Crippen LogP contribution is -2.24. The lowest BCUT2D eigenvalue weighted by atomic mass is 10.3. The largest absolute Gasteiger partial charge is 0.481 e. The molecule has 0 spiro atoms. The zero-order valence-electron chi connectivity index (χ0n) is 7.93. The molecule has 1 rings (SSSR count). The number of carboxylic acid groups (broad SMARTS) is 1. The highest BCUT2D eigenvalue weighted by molar-refractivity contribution is 7.89. The van der Waals surface area contributed by atoms with Gasteiger partial charge in [0.25, 0.3) is 0 Å². The van der Waals surface area contributed by atoms with E-state index in [1.54, 1.807) is 0 Å². The van der Waals surface area contributed by atoms with Gasteiger partial charge in [-0.05, 0) is 12.5 Å². The van der Waals surface area contributed by atoms with Crippen molar-refractivity contribution in [2.24, 2.45) is 0 Å². The topological polar surface area (TPSA) is 99.3 Å². The monoisotopic (exact) mass is 232 g/mol. The molecule has 1 aromatic heterocycles. The highest BCUT2D eigenvalue weighted by Crippen LogP contribution is 2.05. The number of aliphatic carboxylic acids is 1. The quantitative estimate of drug-likeness (QED) is 0.608. The first-order valence-corrected chi connectivity index (χ1v) is 5.85. The van der Waals surface area contributed by atoms with E-state index in [4.69, 9.17) is 5.11 Å². The summed E-state index contributed by atoms with van der Waals surface area (Å²) in [5.74, 6) is -0.934. The Labute approximate surface area is 87.4 Å². The first-order valence-electron chi connectivity index (χ1n) is 4.36. The van der Waals surface area contributed by atoms with Gasteiger partial charge < -0.3 is 10.1 Å². The number of carbonyl (C=O) groups is 1. The molecule has 0 atom stereocenters. The number of H-pyrrole nitrogens is 1. The molecule has 0 bridgehead atoms. The van der Waals surface area contributed by atoms with Gasteiger partial charge in [0, 0.05) is 25.4 Å². The second kappa shape index (κ2) is 4.94. The highest BCUT2D eigenvalue weighted by Gasteiger charge is 2.13.